The van der Waals surface area contributed by atoms with Gasteiger partial charge in [0.05, 0.1) is 12.6 Å². The van der Waals surface area contributed by atoms with Gasteiger partial charge in [-0.3, -0.25) is 4.99 Å². The maximum Gasteiger partial charge on any atom is 0.407 e. The largest absolute Gasteiger partial charge is 0.444 e. The fourth-order valence-electron chi connectivity index (χ4n) is 5.01. The van der Waals surface area contributed by atoms with Crippen molar-refractivity contribution in [3.63, 3.8) is 0 Å². The van der Waals surface area contributed by atoms with Crippen molar-refractivity contribution in [1.82, 2.24) is 16.0 Å². The number of carbonyl (C=O) groups is 1. The number of nitrogens with one attached hydrogen (secondary N) is 3. The van der Waals surface area contributed by atoms with E-state index < -0.39 is 11.7 Å². The first kappa shape index (κ1) is 20.2. The molecule has 0 bridgehead atoms. The van der Waals surface area contributed by atoms with Gasteiger partial charge in [-0.1, -0.05) is 12.8 Å². The van der Waals surface area contributed by atoms with Crippen LogP contribution in [0.2, 0.25) is 0 Å². The average Bonchev–Trinajstić information content (AvgIpc) is 3.22. The summed E-state index contributed by atoms with van der Waals surface area (Å²) < 4.78 is 11.3. The molecule has 2 saturated carbocycles. The predicted octanol–water partition coefficient (Wildman–Crippen LogP) is 2.41. The molecule has 1 spiro atoms. The third-order valence-corrected chi connectivity index (χ3v) is 5.97. The number of alkyl carbamates (subject to hydrolysis) is 1. The molecule has 1 saturated heterocycles. The number of fused-ring (bicyclic) bond motifs is 2. The first-order valence-electron chi connectivity index (χ1n) is 10.5. The van der Waals surface area contributed by atoms with E-state index in [2.05, 4.69) is 27.9 Å². The van der Waals surface area contributed by atoms with Crippen molar-refractivity contribution >= 4 is 12.1 Å². The van der Waals surface area contributed by atoms with Gasteiger partial charge >= 0.3 is 6.09 Å². The van der Waals surface area contributed by atoms with Crippen molar-refractivity contribution in [1.29, 1.82) is 0 Å². The highest BCUT2D eigenvalue weighted by Crippen LogP contribution is 2.60. The molecule has 154 valence electrons. The zero-order chi connectivity index (χ0) is 19.5. The Balaban J connectivity index is 1.52. The number of nitrogens with zero attached hydrogens (tertiary/aromatic N) is 1. The van der Waals surface area contributed by atoms with Gasteiger partial charge in [0.1, 0.15) is 5.60 Å². The zero-order valence-corrected chi connectivity index (χ0v) is 17.3. The second-order valence-corrected chi connectivity index (χ2v) is 9.00. The van der Waals surface area contributed by atoms with Gasteiger partial charge in [-0.2, -0.15) is 0 Å². The summed E-state index contributed by atoms with van der Waals surface area (Å²) >= 11 is 0. The molecule has 0 aromatic rings. The minimum atomic E-state index is -0.483. The van der Waals surface area contributed by atoms with E-state index in [1.807, 2.05) is 20.8 Å². The molecule has 3 N–H and O–H groups in total. The van der Waals surface area contributed by atoms with Crippen LogP contribution in [0.4, 0.5) is 4.79 Å². The molecule has 1 heterocycles. The summed E-state index contributed by atoms with van der Waals surface area (Å²) in [6, 6.07) is 0.448. The van der Waals surface area contributed by atoms with Gasteiger partial charge < -0.3 is 25.4 Å². The first-order valence-corrected chi connectivity index (χ1v) is 10.5. The first-order chi connectivity index (χ1) is 12.9. The topological polar surface area (TPSA) is 84.0 Å². The summed E-state index contributed by atoms with van der Waals surface area (Å²) in [6.07, 6.45) is 6.30. The monoisotopic (exact) mass is 380 g/mol. The van der Waals surface area contributed by atoms with Crippen LogP contribution in [-0.4, -0.2) is 56.0 Å². The van der Waals surface area contributed by atoms with Crippen LogP contribution in [-0.2, 0) is 9.47 Å². The van der Waals surface area contributed by atoms with E-state index in [0.717, 1.165) is 25.5 Å². The van der Waals surface area contributed by atoms with Crippen LogP contribution in [0.3, 0.4) is 0 Å². The van der Waals surface area contributed by atoms with E-state index in [4.69, 9.17) is 9.47 Å². The second-order valence-electron chi connectivity index (χ2n) is 9.00. The molecule has 3 aliphatic rings. The SMILES string of the molecule is CCNC(=NCCNC(=O)OC(C)(C)C)NC1C2CCOC2C12CCCC2. The van der Waals surface area contributed by atoms with Gasteiger partial charge in [0.2, 0.25) is 0 Å². The number of rotatable bonds is 5. The fourth-order valence-corrected chi connectivity index (χ4v) is 5.01. The Morgan fingerprint density at radius 2 is 2.00 bits per heavy atom. The summed E-state index contributed by atoms with van der Waals surface area (Å²) in [5.41, 5.74) is -0.185. The molecule has 2 aliphatic carbocycles. The van der Waals surface area contributed by atoms with Gasteiger partial charge in [0, 0.05) is 37.1 Å². The molecule has 27 heavy (non-hydrogen) atoms. The average molecular weight is 381 g/mol. The van der Waals surface area contributed by atoms with Crippen molar-refractivity contribution in [2.45, 2.75) is 77.5 Å². The highest BCUT2D eigenvalue weighted by molar-refractivity contribution is 5.80. The molecule has 0 aromatic carbocycles. The molecule has 7 heteroatoms. The van der Waals surface area contributed by atoms with Crippen molar-refractivity contribution in [2.24, 2.45) is 16.3 Å². The number of hydrogen-bond acceptors (Lipinski definition) is 4. The van der Waals surface area contributed by atoms with Crippen LogP contribution in [0.1, 0.15) is 59.8 Å². The Labute approximate surface area is 163 Å². The number of guanidine groups is 1. The van der Waals surface area contributed by atoms with E-state index >= 15 is 0 Å². The molecular formula is C20H36N4O3. The Hall–Kier alpha value is -1.50. The fraction of sp³-hybridized carbons (Fsp3) is 0.900. The lowest BCUT2D eigenvalue weighted by atomic mass is 9.54. The lowest BCUT2D eigenvalue weighted by Crippen LogP contribution is -2.69. The number of carbonyl (C=O) groups excluding carboxylic acids is 1. The molecule has 0 aromatic heterocycles. The van der Waals surface area contributed by atoms with Crippen LogP contribution < -0.4 is 16.0 Å². The normalized spacial score (nSPS) is 29.2. The zero-order valence-electron chi connectivity index (χ0n) is 17.3. The third kappa shape index (κ3) is 4.50. The van der Waals surface area contributed by atoms with Crippen molar-refractivity contribution in [2.75, 3.05) is 26.2 Å². The minimum absolute atomic E-state index is 0.298. The molecular weight excluding hydrogens is 344 g/mol. The van der Waals surface area contributed by atoms with E-state index in [1.165, 1.54) is 25.7 Å². The van der Waals surface area contributed by atoms with Gasteiger partial charge in [-0.15, -0.1) is 0 Å². The van der Waals surface area contributed by atoms with Gasteiger partial charge in [-0.25, -0.2) is 4.79 Å². The Bertz CT molecular complexity index is 552. The second kappa shape index (κ2) is 8.25. The van der Waals surface area contributed by atoms with Gasteiger partial charge in [0.25, 0.3) is 0 Å². The van der Waals surface area contributed by atoms with Crippen LogP contribution in [0.15, 0.2) is 4.99 Å². The Morgan fingerprint density at radius 1 is 1.26 bits per heavy atom. The van der Waals surface area contributed by atoms with Crippen molar-refractivity contribution in [3.05, 3.63) is 0 Å². The van der Waals surface area contributed by atoms with E-state index in [1.54, 1.807) is 0 Å². The van der Waals surface area contributed by atoms with Crippen LogP contribution in [0.5, 0.6) is 0 Å². The number of aliphatic imine (C=N–C) groups is 1. The van der Waals surface area contributed by atoms with Crippen molar-refractivity contribution in [3.8, 4) is 0 Å². The molecule has 3 unspecified atom stereocenters. The number of ether oxygens (including phenoxy) is 2. The summed E-state index contributed by atoms with van der Waals surface area (Å²) in [5.74, 6) is 1.44. The molecule has 1 aliphatic heterocycles. The van der Waals surface area contributed by atoms with E-state index in [0.29, 0.717) is 36.6 Å². The minimum Gasteiger partial charge on any atom is -0.444 e. The molecule has 3 atom stereocenters. The van der Waals surface area contributed by atoms with Gasteiger partial charge in [-0.05, 0) is 47.0 Å². The number of amides is 1. The summed E-state index contributed by atoms with van der Waals surface area (Å²) in [4.78, 5) is 16.4. The van der Waals surface area contributed by atoms with E-state index in [-0.39, 0.29) is 0 Å². The highest BCUT2D eigenvalue weighted by Gasteiger charge is 2.65. The molecule has 7 nitrogen and oxygen atoms in total. The third-order valence-electron chi connectivity index (χ3n) is 5.97. The number of hydrogen-bond donors (Lipinski definition) is 3. The smallest absolute Gasteiger partial charge is 0.407 e. The van der Waals surface area contributed by atoms with Gasteiger partial charge in [0.15, 0.2) is 5.96 Å². The van der Waals surface area contributed by atoms with Crippen LogP contribution in [0.25, 0.3) is 0 Å². The molecule has 1 amide bonds. The Morgan fingerprint density at radius 3 is 2.67 bits per heavy atom. The van der Waals surface area contributed by atoms with Crippen LogP contribution in [0, 0.1) is 11.3 Å². The molecule has 3 rings (SSSR count). The molecule has 3 fully saturated rings. The summed E-state index contributed by atoms with van der Waals surface area (Å²) in [6.45, 7) is 10.3. The lowest BCUT2D eigenvalue weighted by molar-refractivity contribution is -0.125. The quantitative estimate of drug-likeness (QED) is 0.388. The predicted molar refractivity (Wildman–Crippen MR) is 106 cm³/mol. The summed E-state index contributed by atoms with van der Waals surface area (Å²) in [7, 11) is 0. The lowest BCUT2D eigenvalue weighted by Gasteiger charge is -2.57. The summed E-state index contributed by atoms with van der Waals surface area (Å²) in [5, 5.41) is 9.81. The van der Waals surface area contributed by atoms with E-state index in [9.17, 15) is 4.79 Å². The maximum atomic E-state index is 11.7. The maximum absolute atomic E-state index is 11.7. The van der Waals surface area contributed by atoms with Crippen LogP contribution >= 0.6 is 0 Å². The Kier molecular flexibility index (Phi) is 6.18. The van der Waals surface area contributed by atoms with Crippen molar-refractivity contribution < 1.29 is 14.3 Å². The highest BCUT2D eigenvalue weighted by atomic mass is 16.6. The standard InChI is InChI=1S/C20H36N4O3/c1-5-21-17(22-11-12-23-18(25)27-19(2,3)4)24-15-14-8-13-26-16(14)20(15)9-6-7-10-20/h14-16H,5-13H2,1-4H3,(H,23,25)(H2,21,22,24). The molecule has 0 radical (unpaired) electrons.